The third kappa shape index (κ3) is 8.60. The molecule has 182 valence electrons. The summed E-state index contributed by atoms with van der Waals surface area (Å²) in [5, 5.41) is 2.68. The Balaban J connectivity index is 1.98. The molecule has 2 aromatic rings. The zero-order valence-electron chi connectivity index (χ0n) is 17.9. The number of carbonyl (C=O) groups excluding carboxylic acids is 1. The average molecular weight is 504 g/mol. The molecule has 0 aliphatic rings. The molecule has 0 radical (unpaired) electrons. The molecule has 12 heteroatoms. The number of carbonyl (C=O) groups is 1. The number of amides is 1. The lowest BCUT2D eigenvalue weighted by molar-refractivity contribution is -0.122. The highest BCUT2D eigenvalue weighted by atomic mass is 32.2. The van der Waals surface area contributed by atoms with Crippen molar-refractivity contribution in [1.29, 1.82) is 0 Å². The summed E-state index contributed by atoms with van der Waals surface area (Å²) in [6.45, 7) is 0.334. The summed E-state index contributed by atoms with van der Waals surface area (Å²) in [6.07, 6.45) is 3.11. The van der Waals surface area contributed by atoms with Gasteiger partial charge >= 0.3 is 13.3 Å². The fourth-order valence-corrected chi connectivity index (χ4v) is 4.32. The molecule has 0 aliphatic heterocycles. The van der Waals surface area contributed by atoms with E-state index in [0.717, 1.165) is 31.2 Å². The zero-order valence-corrected chi connectivity index (χ0v) is 19.7. The Bertz CT molecular complexity index is 1080. The quantitative estimate of drug-likeness (QED) is 0.259. The summed E-state index contributed by atoms with van der Waals surface area (Å²) < 4.78 is 64.2. The van der Waals surface area contributed by atoms with Gasteiger partial charge in [0.15, 0.2) is 0 Å². The Labute approximate surface area is 191 Å². The van der Waals surface area contributed by atoms with Crippen LogP contribution in [0.15, 0.2) is 54.6 Å². The van der Waals surface area contributed by atoms with Gasteiger partial charge in [-0.2, -0.15) is 8.78 Å². The number of hydrogen-bond acceptors (Lipinski definition) is 4. The number of sulfonamides is 1. The standard InChI is InChI=1S/C21H27F2N2O6PS/c1-33(30,31)25-19(20(26)24-14-6-5-9-16-7-3-2-4-8-16)15-17-10-12-18(13-11-17)21(22,23)32(27,28)29/h2-4,7-8,10-13,19,25H,5-6,9,14-15H2,1H3,(H,24,26)(H2,27,28,29). The molecule has 0 aromatic heterocycles. The largest absolute Gasteiger partial charge is 0.399 e. The maximum Gasteiger partial charge on any atom is 0.399 e. The lowest BCUT2D eigenvalue weighted by Gasteiger charge is -2.20. The van der Waals surface area contributed by atoms with Crippen LogP contribution in [-0.4, -0.2) is 43.0 Å². The maximum absolute atomic E-state index is 13.8. The van der Waals surface area contributed by atoms with Gasteiger partial charge in [0.2, 0.25) is 15.9 Å². The molecule has 4 N–H and O–H groups in total. The third-order valence-electron chi connectivity index (χ3n) is 4.81. The van der Waals surface area contributed by atoms with Crippen LogP contribution in [0.4, 0.5) is 8.78 Å². The van der Waals surface area contributed by atoms with Crippen LogP contribution in [0.5, 0.6) is 0 Å². The van der Waals surface area contributed by atoms with E-state index in [-0.39, 0.29) is 6.42 Å². The molecular weight excluding hydrogens is 477 g/mol. The number of benzene rings is 2. The zero-order chi connectivity index (χ0) is 24.7. The average Bonchev–Trinajstić information content (AvgIpc) is 2.72. The van der Waals surface area contributed by atoms with E-state index < -0.39 is 40.8 Å². The highest BCUT2D eigenvalue weighted by Gasteiger charge is 2.50. The molecule has 0 fully saturated rings. The van der Waals surface area contributed by atoms with Crippen molar-refractivity contribution in [2.24, 2.45) is 0 Å². The van der Waals surface area contributed by atoms with E-state index in [4.69, 9.17) is 9.79 Å². The van der Waals surface area contributed by atoms with Crippen LogP contribution >= 0.6 is 7.60 Å². The molecule has 0 saturated carbocycles. The molecule has 0 heterocycles. The third-order valence-corrected chi connectivity index (χ3v) is 6.52. The van der Waals surface area contributed by atoms with Gasteiger partial charge in [0.1, 0.15) is 6.04 Å². The number of unbranched alkanes of at least 4 members (excludes halogenated alkanes) is 1. The van der Waals surface area contributed by atoms with Crippen molar-refractivity contribution in [3.05, 3.63) is 71.3 Å². The first kappa shape index (κ1) is 27.1. The Hall–Kier alpha value is -2.17. The van der Waals surface area contributed by atoms with E-state index in [1.165, 1.54) is 17.7 Å². The van der Waals surface area contributed by atoms with Crippen LogP contribution in [0.1, 0.15) is 29.5 Å². The molecule has 8 nitrogen and oxygen atoms in total. The lowest BCUT2D eigenvalue weighted by Crippen LogP contribution is -2.47. The van der Waals surface area contributed by atoms with Crippen molar-refractivity contribution in [3.63, 3.8) is 0 Å². The molecule has 1 amide bonds. The van der Waals surface area contributed by atoms with Crippen LogP contribution in [0.3, 0.4) is 0 Å². The summed E-state index contributed by atoms with van der Waals surface area (Å²) in [7, 11) is -9.45. The van der Waals surface area contributed by atoms with E-state index in [9.17, 15) is 26.6 Å². The SMILES string of the molecule is CS(=O)(=O)NC(Cc1ccc(C(F)(F)P(=O)(O)O)cc1)C(=O)NCCCCc1ccccc1. The van der Waals surface area contributed by atoms with Crippen molar-refractivity contribution in [1.82, 2.24) is 10.0 Å². The minimum Gasteiger partial charge on any atom is -0.355 e. The minimum absolute atomic E-state index is 0.134. The first-order valence-corrected chi connectivity index (χ1v) is 13.6. The molecule has 0 aliphatic carbocycles. The molecule has 1 unspecified atom stereocenters. The molecule has 0 bridgehead atoms. The molecule has 2 aromatic carbocycles. The van der Waals surface area contributed by atoms with Gasteiger partial charge in [-0.05, 0) is 36.8 Å². The van der Waals surface area contributed by atoms with Gasteiger partial charge in [-0.3, -0.25) is 9.36 Å². The first-order chi connectivity index (χ1) is 15.3. The second kappa shape index (κ2) is 11.3. The number of hydrogen-bond donors (Lipinski definition) is 4. The minimum atomic E-state index is -5.70. The van der Waals surface area contributed by atoms with Gasteiger partial charge in [-0.1, -0.05) is 54.6 Å². The summed E-state index contributed by atoms with van der Waals surface area (Å²) >= 11 is 0. The van der Waals surface area contributed by atoms with Crippen molar-refractivity contribution in [3.8, 4) is 0 Å². The monoisotopic (exact) mass is 504 g/mol. The Morgan fingerprint density at radius 1 is 1.03 bits per heavy atom. The van der Waals surface area contributed by atoms with Gasteiger partial charge in [0.05, 0.1) is 6.26 Å². The molecule has 0 saturated heterocycles. The normalized spacial score (nSPS) is 13.5. The van der Waals surface area contributed by atoms with Crippen molar-refractivity contribution >= 4 is 23.5 Å². The Morgan fingerprint density at radius 2 is 1.64 bits per heavy atom. The van der Waals surface area contributed by atoms with Crippen LogP contribution in [0.25, 0.3) is 0 Å². The van der Waals surface area contributed by atoms with Crippen molar-refractivity contribution in [2.75, 3.05) is 12.8 Å². The molecule has 33 heavy (non-hydrogen) atoms. The molecule has 0 spiro atoms. The fraction of sp³-hybridized carbons (Fsp3) is 0.381. The smallest absolute Gasteiger partial charge is 0.355 e. The number of rotatable bonds is 12. The van der Waals surface area contributed by atoms with E-state index in [1.54, 1.807) is 0 Å². The van der Waals surface area contributed by atoms with E-state index in [0.29, 0.717) is 18.5 Å². The van der Waals surface area contributed by atoms with Gasteiger partial charge < -0.3 is 15.1 Å². The highest BCUT2D eigenvalue weighted by molar-refractivity contribution is 7.88. The molecular formula is C21H27F2N2O6PS. The molecule has 1 atom stereocenters. The summed E-state index contributed by atoms with van der Waals surface area (Å²) in [5.41, 5.74) is -3.73. The first-order valence-electron chi connectivity index (χ1n) is 10.1. The topological polar surface area (TPSA) is 133 Å². The second-order valence-electron chi connectivity index (χ2n) is 7.66. The van der Waals surface area contributed by atoms with Crippen LogP contribution in [-0.2, 0) is 37.9 Å². The lowest BCUT2D eigenvalue weighted by atomic mass is 10.0. The number of halogens is 2. The Kier molecular flexibility index (Phi) is 9.28. The van der Waals surface area contributed by atoms with Crippen LogP contribution < -0.4 is 10.0 Å². The van der Waals surface area contributed by atoms with Crippen molar-refractivity contribution < 1.29 is 36.3 Å². The second-order valence-corrected chi connectivity index (χ2v) is 11.1. The van der Waals surface area contributed by atoms with Crippen LogP contribution in [0.2, 0.25) is 0 Å². The van der Waals surface area contributed by atoms with Gasteiger partial charge in [-0.15, -0.1) is 0 Å². The summed E-state index contributed by atoms with van der Waals surface area (Å²) in [5.74, 6) is -0.565. The van der Waals surface area contributed by atoms with Gasteiger partial charge in [0, 0.05) is 12.1 Å². The summed E-state index contributed by atoms with van der Waals surface area (Å²) in [6, 6.07) is 12.7. The van der Waals surface area contributed by atoms with Crippen LogP contribution in [0, 0.1) is 0 Å². The number of alkyl halides is 2. The van der Waals surface area contributed by atoms with Gasteiger partial charge in [-0.25, -0.2) is 13.1 Å². The maximum atomic E-state index is 13.8. The van der Waals surface area contributed by atoms with E-state index >= 15 is 0 Å². The predicted molar refractivity (Wildman–Crippen MR) is 120 cm³/mol. The van der Waals surface area contributed by atoms with Crippen molar-refractivity contribution in [2.45, 2.75) is 37.4 Å². The summed E-state index contributed by atoms with van der Waals surface area (Å²) in [4.78, 5) is 30.2. The highest BCUT2D eigenvalue weighted by Crippen LogP contribution is 2.59. The fourth-order valence-electron chi connectivity index (χ4n) is 3.13. The van der Waals surface area contributed by atoms with E-state index in [1.807, 2.05) is 30.3 Å². The molecule has 2 rings (SSSR count). The van der Waals surface area contributed by atoms with E-state index in [2.05, 4.69) is 10.0 Å². The predicted octanol–water partition coefficient (Wildman–Crippen LogP) is 2.51. The Morgan fingerprint density at radius 3 is 2.18 bits per heavy atom. The number of nitrogens with one attached hydrogen (secondary N) is 2. The van der Waals surface area contributed by atoms with Gasteiger partial charge in [0.25, 0.3) is 0 Å². The number of aryl methyl sites for hydroxylation is 1.